The van der Waals surface area contributed by atoms with E-state index in [2.05, 4.69) is 6.92 Å². The third kappa shape index (κ3) is 4.79. The third-order valence-corrected chi connectivity index (χ3v) is 5.72. The van der Waals surface area contributed by atoms with E-state index in [0.29, 0.717) is 25.3 Å². The summed E-state index contributed by atoms with van der Waals surface area (Å²) in [6.07, 6.45) is 1.07. The van der Waals surface area contributed by atoms with Crippen molar-refractivity contribution in [1.82, 2.24) is 4.90 Å². The monoisotopic (exact) mass is 422 g/mol. The fourth-order valence-corrected chi connectivity index (χ4v) is 4.18. The maximum absolute atomic E-state index is 14.5. The van der Waals surface area contributed by atoms with Crippen LogP contribution in [0.2, 0.25) is 0 Å². The van der Waals surface area contributed by atoms with Gasteiger partial charge in [-0.1, -0.05) is 0 Å². The highest BCUT2D eigenvalue weighted by Crippen LogP contribution is 2.40. The number of carbonyl (C=O) groups is 2. The molecule has 0 unspecified atom stereocenters. The Morgan fingerprint density at radius 3 is 2.47 bits per heavy atom. The molecule has 1 aromatic carbocycles. The van der Waals surface area contributed by atoms with Gasteiger partial charge in [-0.15, -0.1) is 0 Å². The summed E-state index contributed by atoms with van der Waals surface area (Å²) < 4.78 is 25.7. The van der Waals surface area contributed by atoms with Gasteiger partial charge in [0.05, 0.1) is 17.8 Å². The summed E-state index contributed by atoms with van der Waals surface area (Å²) in [7, 11) is 0. The zero-order chi connectivity index (χ0) is 22.2. The van der Waals surface area contributed by atoms with Gasteiger partial charge in [-0.2, -0.15) is 0 Å². The number of likely N-dealkylation sites (tertiary alicyclic amines) is 1. The predicted molar refractivity (Wildman–Crippen MR) is 111 cm³/mol. The van der Waals surface area contributed by atoms with E-state index in [9.17, 15) is 19.1 Å². The number of aromatic carboxylic acids is 1. The molecule has 0 radical (unpaired) electrons. The number of amides is 1. The minimum Gasteiger partial charge on any atom is -0.484 e. The molecule has 0 aliphatic carbocycles. The second-order valence-corrected chi connectivity index (χ2v) is 9.24. The lowest BCUT2D eigenvalue weighted by molar-refractivity contribution is 0.0174. The van der Waals surface area contributed by atoms with Crippen LogP contribution in [0.15, 0.2) is 12.1 Å². The van der Waals surface area contributed by atoms with Gasteiger partial charge < -0.3 is 24.4 Å². The third-order valence-electron chi connectivity index (χ3n) is 5.72. The minimum atomic E-state index is -1.17. The van der Waals surface area contributed by atoms with Gasteiger partial charge in [0.15, 0.2) is 11.6 Å². The van der Waals surface area contributed by atoms with Gasteiger partial charge in [0.2, 0.25) is 0 Å². The van der Waals surface area contributed by atoms with E-state index >= 15 is 0 Å². The first-order chi connectivity index (χ1) is 14.0. The van der Waals surface area contributed by atoms with Crippen molar-refractivity contribution in [2.45, 2.75) is 65.2 Å². The molecule has 30 heavy (non-hydrogen) atoms. The SMILES string of the molecule is C[C@@H]1CN([C@@H](C)C2CCN(C(=O)OC(C)(C)C)CC2)c2cc(C(=O)O)cc(F)c2O1. The molecule has 0 spiro atoms. The van der Waals surface area contributed by atoms with Crippen molar-refractivity contribution in [2.24, 2.45) is 5.92 Å². The molecule has 1 N–H and O–H groups in total. The van der Waals surface area contributed by atoms with E-state index in [0.717, 1.165) is 18.9 Å². The second-order valence-electron chi connectivity index (χ2n) is 9.24. The molecule has 2 aliphatic heterocycles. The molecule has 1 amide bonds. The second kappa shape index (κ2) is 8.32. The van der Waals surface area contributed by atoms with E-state index in [1.165, 1.54) is 6.07 Å². The molecule has 2 atom stereocenters. The Morgan fingerprint density at radius 1 is 1.27 bits per heavy atom. The number of nitrogens with zero attached hydrogens (tertiary/aromatic N) is 2. The largest absolute Gasteiger partial charge is 0.484 e. The number of hydrogen-bond acceptors (Lipinski definition) is 5. The molecule has 1 saturated heterocycles. The molecule has 1 aromatic rings. The average Bonchev–Trinajstić information content (AvgIpc) is 2.66. The standard InChI is InChI=1S/C22H31FN2O5/c1-13-12-25(18-11-16(20(26)27)10-17(23)19(18)29-13)14(2)15-6-8-24(9-7-15)21(28)30-22(3,4)5/h10-11,13-15H,6-9,12H2,1-5H3,(H,26,27)/t13-,14+/m1/s1. The van der Waals surface area contributed by atoms with Crippen molar-refractivity contribution < 1.29 is 28.6 Å². The average molecular weight is 422 g/mol. The first-order valence-corrected chi connectivity index (χ1v) is 10.4. The van der Waals surface area contributed by atoms with Crippen LogP contribution in [0.4, 0.5) is 14.9 Å². The van der Waals surface area contributed by atoms with Gasteiger partial charge in [0.1, 0.15) is 11.7 Å². The zero-order valence-corrected chi connectivity index (χ0v) is 18.3. The Bertz CT molecular complexity index is 814. The summed E-state index contributed by atoms with van der Waals surface area (Å²) in [6.45, 7) is 11.2. The lowest BCUT2D eigenvalue weighted by atomic mass is 9.88. The molecule has 2 heterocycles. The fraction of sp³-hybridized carbons (Fsp3) is 0.636. The summed E-state index contributed by atoms with van der Waals surface area (Å²) >= 11 is 0. The van der Waals surface area contributed by atoms with Crippen LogP contribution in [-0.2, 0) is 4.74 Å². The quantitative estimate of drug-likeness (QED) is 0.788. The van der Waals surface area contributed by atoms with Crippen LogP contribution in [0.3, 0.4) is 0 Å². The van der Waals surface area contributed by atoms with E-state index in [1.54, 1.807) is 4.90 Å². The minimum absolute atomic E-state index is 0.0410. The van der Waals surface area contributed by atoms with Crippen LogP contribution in [-0.4, -0.2) is 59.5 Å². The van der Waals surface area contributed by atoms with Crippen LogP contribution in [0.5, 0.6) is 5.75 Å². The molecular weight excluding hydrogens is 391 g/mol. The van der Waals surface area contributed by atoms with Crippen LogP contribution in [0, 0.1) is 11.7 Å². The number of fused-ring (bicyclic) bond motifs is 1. The van der Waals surface area contributed by atoms with Crippen LogP contribution in [0.25, 0.3) is 0 Å². The van der Waals surface area contributed by atoms with E-state index < -0.39 is 17.4 Å². The van der Waals surface area contributed by atoms with Crippen molar-refractivity contribution >= 4 is 17.7 Å². The number of halogens is 1. The van der Waals surface area contributed by atoms with Gasteiger partial charge in [-0.3, -0.25) is 0 Å². The number of piperidine rings is 1. The summed E-state index contributed by atoms with van der Waals surface area (Å²) in [6, 6.07) is 2.53. The number of benzene rings is 1. The van der Waals surface area contributed by atoms with Crippen molar-refractivity contribution in [3.63, 3.8) is 0 Å². The highest BCUT2D eigenvalue weighted by molar-refractivity contribution is 5.90. The lowest BCUT2D eigenvalue weighted by Crippen LogP contribution is -2.50. The number of rotatable bonds is 3. The van der Waals surface area contributed by atoms with E-state index in [4.69, 9.17) is 9.47 Å². The Morgan fingerprint density at radius 2 is 1.90 bits per heavy atom. The van der Waals surface area contributed by atoms with E-state index in [1.807, 2.05) is 32.6 Å². The summed E-state index contributed by atoms with van der Waals surface area (Å²) in [5.41, 5.74) is -0.144. The summed E-state index contributed by atoms with van der Waals surface area (Å²) in [5.74, 6) is -1.45. The number of anilines is 1. The maximum Gasteiger partial charge on any atom is 0.410 e. The smallest absolute Gasteiger partial charge is 0.410 e. The molecule has 8 heteroatoms. The predicted octanol–water partition coefficient (Wildman–Crippen LogP) is 4.15. The molecule has 0 aromatic heterocycles. The molecule has 0 saturated carbocycles. The van der Waals surface area contributed by atoms with Crippen LogP contribution < -0.4 is 9.64 Å². The first-order valence-electron chi connectivity index (χ1n) is 10.4. The highest BCUT2D eigenvalue weighted by Gasteiger charge is 2.36. The highest BCUT2D eigenvalue weighted by atomic mass is 19.1. The number of hydrogen-bond donors (Lipinski definition) is 1. The van der Waals surface area contributed by atoms with Gasteiger partial charge in [-0.05, 0) is 65.5 Å². The van der Waals surface area contributed by atoms with Crippen molar-refractivity contribution in [2.75, 3.05) is 24.5 Å². The van der Waals surface area contributed by atoms with Gasteiger partial charge >= 0.3 is 12.1 Å². The summed E-state index contributed by atoms with van der Waals surface area (Å²) in [5, 5.41) is 9.32. The lowest BCUT2D eigenvalue weighted by Gasteiger charge is -2.44. The molecule has 3 rings (SSSR count). The Balaban J connectivity index is 1.75. The van der Waals surface area contributed by atoms with Crippen LogP contribution in [0.1, 0.15) is 57.8 Å². The topological polar surface area (TPSA) is 79.3 Å². The normalized spacial score (nSPS) is 20.9. The van der Waals surface area contributed by atoms with Crippen molar-refractivity contribution in [1.29, 1.82) is 0 Å². The van der Waals surface area contributed by atoms with Crippen molar-refractivity contribution in [3.8, 4) is 5.75 Å². The molecule has 1 fully saturated rings. The molecule has 7 nitrogen and oxygen atoms in total. The van der Waals surface area contributed by atoms with Crippen LogP contribution >= 0.6 is 0 Å². The van der Waals surface area contributed by atoms with Crippen molar-refractivity contribution in [3.05, 3.63) is 23.5 Å². The number of carboxylic acid groups (broad SMARTS) is 1. The number of carbonyl (C=O) groups excluding carboxylic acids is 1. The van der Waals surface area contributed by atoms with Gasteiger partial charge in [-0.25, -0.2) is 14.0 Å². The maximum atomic E-state index is 14.5. The number of carboxylic acids is 1. The Labute approximate surface area is 176 Å². The van der Waals surface area contributed by atoms with E-state index in [-0.39, 0.29) is 35.5 Å². The Kier molecular flexibility index (Phi) is 6.15. The Hall–Kier alpha value is -2.51. The molecule has 166 valence electrons. The zero-order valence-electron chi connectivity index (χ0n) is 18.3. The molecule has 0 bridgehead atoms. The molecular formula is C22H31FN2O5. The van der Waals surface area contributed by atoms with Gasteiger partial charge in [0, 0.05) is 19.1 Å². The van der Waals surface area contributed by atoms with Gasteiger partial charge in [0.25, 0.3) is 0 Å². The first kappa shape index (κ1) is 22.2. The summed E-state index contributed by atoms with van der Waals surface area (Å²) in [4.78, 5) is 27.5. The molecule has 2 aliphatic rings. The number of ether oxygens (including phenoxy) is 2. The fourth-order valence-electron chi connectivity index (χ4n) is 4.18.